The van der Waals surface area contributed by atoms with Gasteiger partial charge < -0.3 is 15.4 Å². The number of carbonyl (C=O) groups excluding carboxylic acids is 1. The maximum absolute atomic E-state index is 12.6. The Kier molecular flexibility index (Phi) is 6.13. The second kappa shape index (κ2) is 7.88. The fraction of sp³-hybridized carbons (Fsp3) is 0.500. The molecule has 1 aromatic carbocycles. The number of amides is 1. The smallest absolute Gasteiger partial charge is 0.268 e. The molecule has 1 aromatic rings. The molecular weight excluding hydrogens is 308 g/mol. The third kappa shape index (κ3) is 5.29. The van der Waals surface area contributed by atoms with E-state index < -0.39 is 0 Å². The fourth-order valence-electron chi connectivity index (χ4n) is 2.25. The summed E-state index contributed by atoms with van der Waals surface area (Å²) in [5.74, 6) is -0.0849. The molecule has 2 rings (SSSR count). The molecule has 0 radical (unpaired) electrons. The predicted octanol–water partition coefficient (Wildman–Crippen LogP) is 2.71. The lowest BCUT2D eigenvalue weighted by molar-refractivity contribution is -0.118. The van der Waals surface area contributed by atoms with E-state index in [4.69, 9.17) is 4.74 Å². The van der Waals surface area contributed by atoms with Crippen molar-refractivity contribution in [1.29, 1.82) is 0 Å². The minimum absolute atomic E-state index is 0.0433. The number of likely N-dealkylation sites (N-methyl/N-ethyl adjacent to an activating group) is 1. The quantitative estimate of drug-likeness (QED) is 0.567. The molecule has 1 amide bonds. The van der Waals surface area contributed by atoms with E-state index in [-0.39, 0.29) is 17.6 Å². The van der Waals surface area contributed by atoms with Gasteiger partial charge in [0.2, 0.25) is 0 Å². The van der Waals surface area contributed by atoms with Gasteiger partial charge in [-0.05, 0) is 24.3 Å². The SMILES string of the molecule is CN/C(=C\SC(C)C)C(=O)N[C@@H](Cc1ccccc1)C1(C)CO1. The third-order valence-electron chi connectivity index (χ3n) is 3.90. The topological polar surface area (TPSA) is 53.7 Å². The Morgan fingerprint density at radius 2 is 2.04 bits per heavy atom. The third-order valence-corrected chi connectivity index (χ3v) is 4.81. The lowest BCUT2D eigenvalue weighted by Gasteiger charge is -2.23. The summed E-state index contributed by atoms with van der Waals surface area (Å²) in [4.78, 5) is 12.6. The van der Waals surface area contributed by atoms with Crippen LogP contribution in [0, 0.1) is 0 Å². The van der Waals surface area contributed by atoms with Crippen LogP contribution in [-0.2, 0) is 16.0 Å². The molecule has 0 saturated carbocycles. The summed E-state index contributed by atoms with van der Waals surface area (Å²) in [7, 11) is 1.77. The van der Waals surface area contributed by atoms with Gasteiger partial charge in [-0.15, -0.1) is 11.8 Å². The maximum Gasteiger partial charge on any atom is 0.268 e. The number of nitrogens with one attached hydrogen (secondary N) is 2. The predicted molar refractivity (Wildman–Crippen MR) is 96.3 cm³/mol. The minimum Gasteiger partial charge on any atom is -0.383 e. The Labute approximate surface area is 143 Å². The molecule has 1 unspecified atom stereocenters. The van der Waals surface area contributed by atoms with Crippen molar-refractivity contribution in [2.24, 2.45) is 0 Å². The molecule has 0 bridgehead atoms. The summed E-state index contributed by atoms with van der Waals surface area (Å²) in [6.45, 7) is 6.93. The van der Waals surface area contributed by atoms with E-state index in [1.165, 1.54) is 5.56 Å². The molecule has 5 heteroatoms. The first-order chi connectivity index (χ1) is 10.9. The molecule has 0 aromatic heterocycles. The number of hydrogen-bond donors (Lipinski definition) is 2. The Morgan fingerprint density at radius 3 is 2.57 bits per heavy atom. The highest BCUT2D eigenvalue weighted by Gasteiger charge is 2.47. The van der Waals surface area contributed by atoms with Gasteiger partial charge in [-0.25, -0.2) is 0 Å². The monoisotopic (exact) mass is 334 g/mol. The standard InChI is InChI=1S/C18H26N2O2S/c1-13(2)23-11-15(19-4)17(21)20-16(18(3)12-22-18)10-14-8-6-5-7-9-14/h5-9,11,13,16,19H,10,12H2,1-4H3,(H,20,21)/b15-11-/t16-,18?/m0/s1. The highest BCUT2D eigenvalue weighted by atomic mass is 32.2. The largest absolute Gasteiger partial charge is 0.383 e. The zero-order valence-electron chi connectivity index (χ0n) is 14.3. The number of benzene rings is 1. The van der Waals surface area contributed by atoms with Crippen LogP contribution in [0.2, 0.25) is 0 Å². The Morgan fingerprint density at radius 1 is 1.39 bits per heavy atom. The van der Waals surface area contributed by atoms with Crippen LogP contribution in [0.1, 0.15) is 26.3 Å². The van der Waals surface area contributed by atoms with Gasteiger partial charge in [0.15, 0.2) is 0 Å². The molecule has 1 saturated heterocycles. The molecule has 2 N–H and O–H groups in total. The van der Waals surface area contributed by atoms with Gasteiger partial charge in [-0.2, -0.15) is 0 Å². The average Bonchev–Trinajstić information content (AvgIpc) is 3.27. The fourth-order valence-corrected chi connectivity index (χ4v) is 2.88. The maximum atomic E-state index is 12.6. The van der Waals surface area contributed by atoms with Crippen LogP contribution in [0.25, 0.3) is 0 Å². The lowest BCUT2D eigenvalue weighted by Crippen LogP contribution is -2.47. The van der Waals surface area contributed by atoms with Crippen molar-refractivity contribution in [3.63, 3.8) is 0 Å². The van der Waals surface area contributed by atoms with Gasteiger partial charge in [0.1, 0.15) is 11.3 Å². The van der Waals surface area contributed by atoms with Crippen molar-refractivity contribution in [3.05, 3.63) is 47.0 Å². The van der Waals surface area contributed by atoms with Gasteiger partial charge in [-0.3, -0.25) is 4.79 Å². The van der Waals surface area contributed by atoms with Crippen molar-refractivity contribution in [3.8, 4) is 0 Å². The van der Waals surface area contributed by atoms with Crippen molar-refractivity contribution < 1.29 is 9.53 Å². The molecule has 1 aliphatic rings. The first-order valence-electron chi connectivity index (χ1n) is 7.97. The number of hydrogen-bond acceptors (Lipinski definition) is 4. The normalized spacial score (nSPS) is 21.9. The highest BCUT2D eigenvalue weighted by Crippen LogP contribution is 2.32. The minimum atomic E-state index is -0.268. The molecule has 2 atom stereocenters. The summed E-state index contributed by atoms with van der Waals surface area (Å²) in [6.07, 6.45) is 0.761. The van der Waals surface area contributed by atoms with E-state index in [2.05, 4.69) is 36.6 Å². The Balaban J connectivity index is 2.05. The van der Waals surface area contributed by atoms with E-state index in [0.29, 0.717) is 17.6 Å². The zero-order chi connectivity index (χ0) is 16.9. The van der Waals surface area contributed by atoms with E-state index >= 15 is 0 Å². The van der Waals surface area contributed by atoms with Gasteiger partial charge in [0.25, 0.3) is 5.91 Å². The van der Waals surface area contributed by atoms with Crippen LogP contribution in [0.4, 0.5) is 0 Å². The molecule has 4 nitrogen and oxygen atoms in total. The molecule has 1 heterocycles. The van der Waals surface area contributed by atoms with Crippen LogP contribution in [0.5, 0.6) is 0 Å². The second-order valence-electron chi connectivity index (χ2n) is 6.28. The zero-order valence-corrected chi connectivity index (χ0v) is 15.1. The Hall–Kier alpha value is -1.46. The number of carbonyl (C=O) groups is 1. The van der Waals surface area contributed by atoms with Gasteiger partial charge in [0.05, 0.1) is 12.6 Å². The molecule has 23 heavy (non-hydrogen) atoms. The molecular formula is C18H26N2O2S. The molecule has 1 aliphatic heterocycles. The van der Waals surface area contributed by atoms with Crippen molar-refractivity contribution in [2.75, 3.05) is 13.7 Å². The van der Waals surface area contributed by atoms with E-state index in [1.807, 2.05) is 30.5 Å². The van der Waals surface area contributed by atoms with Gasteiger partial charge in [0, 0.05) is 12.3 Å². The first-order valence-corrected chi connectivity index (χ1v) is 8.91. The first kappa shape index (κ1) is 17.9. The average molecular weight is 334 g/mol. The second-order valence-corrected chi connectivity index (χ2v) is 7.73. The van der Waals surface area contributed by atoms with Gasteiger partial charge in [-0.1, -0.05) is 44.2 Å². The number of ether oxygens (including phenoxy) is 1. The Bertz CT molecular complexity index is 553. The van der Waals surface area contributed by atoms with Crippen LogP contribution in [-0.4, -0.2) is 36.5 Å². The highest BCUT2D eigenvalue weighted by molar-refractivity contribution is 8.02. The lowest BCUT2D eigenvalue weighted by atomic mass is 9.95. The van der Waals surface area contributed by atoms with Crippen LogP contribution in [0.15, 0.2) is 41.4 Å². The summed E-state index contributed by atoms with van der Waals surface area (Å²) >= 11 is 1.63. The van der Waals surface area contributed by atoms with E-state index in [1.54, 1.807) is 18.8 Å². The number of rotatable bonds is 8. The van der Waals surface area contributed by atoms with Crippen molar-refractivity contribution in [1.82, 2.24) is 10.6 Å². The molecule has 0 spiro atoms. The summed E-state index contributed by atoms with van der Waals surface area (Å²) in [6, 6.07) is 10.1. The summed E-state index contributed by atoms with van der Waals surface area (Å²) in [5, 5.41) is 8.45. The van der Waals surface area contributed by atoms with Crippen LogP contribution < -0.4 is 10.6 Å². The number of thioether (sulfide) groups is 1. The van der Waals surface area contributed by atoms with E-state index in [0.717, 1.165) is 6.42 Å². The summed E-state index contributed by atoms with van der Waals surface area (Å²) < 4.78 is 5.58. The number of epoxide rings is 1. The van der Waals surface area contributed by atoms with Crippen molar-refractivity contribution in [2.45, 2.75) is 44.1 Å². The van der Waals surface area contributed by atoms with Crippen molar-refractivity contribution >= 4 is 17.7 Å². The summed E-state index contributed by atoms with van der Waals surface area (Å²) in [5.41, 5.74) is 1.52. The molecule has 126 valence electrons. The van der Waals surface area contributed by atoms with E-state index in [9.17, 15) is 4.79 Å². The molecule has 0 aliphatic carbocycles. The molecule has 1 fully saturated rings. The van der Waals surface area contributed by atoms with Crippen LogP contribution in [0.3, 0.4) is 0 Å². The van der Waals surface area contributed by atoms with Gasteiger partial charge >= 0.3 is 0 Å². The van der Waals surface area contributed by atoms with Crippen LogP contribution >= 0.6 is 11.8 Å².